The minimum Gasteiger partial charge on any atom is -0.465 e. The van der Waals surface area contributed by atoms with Crippen LogP contribution in [0.4, 0.5) is 0 Å². The third-order valence-corrected chi connectivity index (χ3v) is 3.28. The van der Waals surface area contributed by atoms with Gasteiger partial charge in [0.2, 0.25) is 0 Å². The first-order valence-corrected chi connectivity index (χ1v) is 6.41. The summed E-state index contributed by atoms with van der Waals surface area (Å²) in [5.41, 5.74) is 0.412. The van der Waals surface area contributed by atoms with Crippen LogP contribution in [0.5, 0.6) is 0 Å². The number of aromatic nitrogens is 1. The van der Waals surface area contributed by atoms with Crippen molar-refractivity contribution in [1.29, 1.82) is 0 Å². The Morgan fingerprint density at radius 3 is 2.37 bits per heavy atom. The van der Waals surface area contributed by atoms with Crippen LogP contribution >= 0.6 is 0 Å². The molecule has 0 unspecified atom stereocenters. The first-order valence-electron chi connectivity index (χ1n) is 6.41. The van der Waals surface area contributed by atoms with Gasteiger partial charge in [-0.15, -0.1) is 0 Å². The Kier molecular flexibility index (Phi) is 3.83. The van der Waals surface area contributed by atoms with Crippen LogP contribution in [-0.2, 0) is 31.9 Å². The Morgan fingerprint density at radius 2 is 1.84 bits per heavy atom. The highest BCUT2D eigenvalue weighted by Crippen LogP contribution is 2.38. The minimum atomic E-state index is -1.26. The second-order valence-corrected chi connectivity index (χ2v) is 4.49. The summed E-state index contributed by atoms with van der Waals surface area (Å²) in [6.45, 7) is 3.92. The molecule has 19 heavy (non-hydrogen) atoms. The number of esters is 2. The summed E-state index contributed by atoms with van der Waals surface area (Å²) in [5.74, 6) is -1.04. The lowest BCUT2D eigenvalue weighted by molar-refractivity contribution is -0.171. The number of carbonyl (C=O) groups excluding carboxylic acids is 2. The number of carbonyl (C=O) groups is 2. The highest BCUT2D eigenvalue weighted by atomic mass is 16.6. The Bertz CT molecular complexity index is 453. The summed E-state index contributed by atoms with van der Waals surface area (Å²) in [6.07, 6.45) is 2.21. The molecular weight excluding hydrogens is 246 g/mol. The van der Waals surface area contributed by atoms with Crippen LogP contribution in [0.25, 0.3) is 0 Å². The molecular formula is C14H17NO4. The normalized spacial score (nSPS) is 15.7. The zero-order valence-electron chi connectivity index (χ0n) is 11.1. The lowest BCUT2D eigenvalue weighted by atomic mass is 9.85. The van der Waals surface area contributed by atoms with E-state index in [1.807, 2.05) is 6.07 Å². The monoisotopic (exact) mass is 263 g/mol. The van der Waals surface area contributed by atoms with E-state index in [1.54, 1.807) is 26.1 Å². The summed E-state index contributed by atoms with van der Waals surface area (Å²) in [4.78, 5) is 28.6. The SMILES string of the molecule is CCOC(=O)C1(C(=O)OCC)Cc2cccnc2C1. The van der Waals surface area contributed by atoms with Crippen LogP contribution in [0.15, 0.2) is 18.3 Å². The summed E-state index contributed by atoms with van der Waals surface area (Å²) >= 11 is 0. The molecule has 0 aromatic carbocycles. The zero-order valence-corrected chi connectivity index (χ0v) is 11.1. The van der Waals surface area contributed by atoms with Gasteiger partial charge in [0.25, 0.3) is 0 Å². The standard InChI is InChI=1S/C14H17NO4/c1-3-18-12(16)14(13(17)19-4-2)8-10-6-5-7-15-11(10)9-14/h5-7H,3-4,8-9H2,1-2H3. The highest BCUT2D eigenvalue weighted by molar-refractivity contribution is 6.01. The third kappa shape index (κ3) is 2.32. The summed E-state index contributed by atoms with van der Waals surface area (Å²) in [6, 6.07) is 3.67. The molecule has 5 heteroatoms. The molecule has 102 valence electrons. The van der Waals surface area contributed by atoms with Crippen molar-refractivity contribution in [3.63, 3.8) is 0 Å². The quantitative estimate of drug-likeness (QED) is 0.605. The number of hydrogen-bond donors (Lipinski definition) is 0. The van der Waals surface area contributed by atoms with E-state index in [9.17, 15) is 9.59 Å². The van der Waals surface area contributed by atoms with Gasteiger partial charge in [0.1, 0.15) is 0 Å². The minimum absolute atomic E-state index is 0.240. The van der Waals surface area contributed by atoms with Crippen LogP contribution in [0.3, 0.4) is 0 Å². The fraction of sp³-hybridized carbons (Fsp3) is 0.500. The molecule has 0 saturated heterocycles. The molecule has 1 aliphatic carbocycles. The number of nitrogens with zero attached hydrogens (tertiary/aromatic N) is 1. The Hall–Kier alpha value is -1.91. The molecule has 0 fully saturated rings. The molecule has 1 aliphatic rings. The van der Waals surface area contributed by atoms with Crippen molar-refractivity contribution in [2.45, 2.75) is 26.7 Å². The summed E-state index contributed by atoms with van der Waals surface area (Å²) in [5, 5.41) is 0. The van der Waals surface area contributed by atoms with E-state index in [0.29, 0.717) is 6.42 Å². The van der Waals surface area contributed by atoms with Crippen molar-refractivity contribution in [1.82, 2.24) is 4.98 Å². The van der Waals surface area contributed by atoms with Crippen LogP contribution < -0.4 is 0 Å². The van der Waals surface area contributed by atoms with Crippen LogP contribution in [0, 0.1) is 5.41 Å². The maximum absolute atomic E-state index is 12.2. The number of pyridine rings is 1. The zero-order chi connectivity index (χ0) is 13.9. The average Bonchev–Trinajstić information content (AvgIpc) is 2.80. The van der Waals surface area contributed by atoms with Gasteiger partial charge in [0, 0.05) is 24.7 Å². The van der Waals surface area contributed by atoms with E-state index in [4.69, 9.17) is 9.47 Å². The van der Waals surface area contributed by atoms with Gasteiger partial charge in [-0.1, -0.05) is 6.07 Å². The lowest BCUT2D eigenvalue weighted by Crippen LogP contribution is -2.43. The van der Waals surface area contributed by atoms with Gasteiger partial charge in [-0.05, 0) is 25.5 Å². The maximum Gasteiger partial charge on any atom is 0.324 e. The number of rotatable bonds is 4. The molecule has 0 radical (unpaired) electrons. The fourth-order valence-electron chi connectivity index (χ4n) is 2.38. The van der Waals surface area contributed by atoms with E-state index in [1.165, 1.54) is 0 Å². The molecule has 5 nitrogen and oxygen atoms in total. The Balaban J connectivity index is 2.34. The van der Waals surface area contributed by atoms with Gasteiger partial charge in [0.05, 0.1) is 13.2 Å². The van der Waals surface area contributed by atoms with E-state index in [0.717, 1.165) is 11.3 Å². The molecule has 0 aliphatic heterocycles. The van der Waals surface area contributed by atoms with E-state index in [2.05, 4.69) is 4.98 Å². The van der Waals surface area contributed by atoms with Crippen molar-refractivity contribution in [3.8, 4) is 0 Å². The molecule has 1 heterocycles. The first-order chi connectivity index (χ1) is 9.14. The van der Waals surface area contributed by atoms with E-state index >= 15 is 0 Å². The molecule has 2 rings (SSSR count). The van der Waals surface area contributed by atoms with Crippen molar-refractivity contribution >= 4 is 11.9 Å². The van der Waals surface area contributed by atoms with Gasteiger partial charge in [-0.25, -0.2) is 0 Å². The predicted octanol–water partition coefficient (Wildman–Crippen LogP) is 1.29. The average molecular weight is 263 g/mol. The molecule has 0 N–H and O–H groups in total. The van der Waals surface area contributed by atoms with Crippen LogP contribution in [0.1, 0.15) is 25.1 Å². The number of hydrogen-bond acceptors (Lipinski definition) is 5. The highest BCUT2D eigenvalue weighted by Gasteiger charge is 2.53. The van der Waals surface area contributed by atoms with Crippen LogP contribution in [0.2, 0.25) is 0 Å². The second-order valence-electron chi connectivity index (χ2n) is 4.49. The first kappa shape index (κ1) is 13.5. The molecule has 0 bridgehead atoms. The topological polar surface area (TPSA) is 65.5 Å². The molecule has 1 aromatic heterocycles. The summed E-state index contributed by atoms with van der Waals surface area (Å²) < 4.78 is 10.1. The van der Waals surface area contributed by atoms with Crippen molar-refractivity contribution in [3.05, 3.63) is 29.6 Å². The Labute approximate surface area is 111 Å². The van der Waals surface area contributed by atoms with E-state index < -0.39 is 17.4 Å². The molecule has 1 aromatic rings. The lowest BCUT2D eigenvalue weighted by Gasteiger charge is -2.23. The smallest absolute Gasteiger partial charge is 0.324 e. The molecule has 0 atom stereocenters. The third-order valence-electron chi connectivity index (χ3n) is 3.28. The molecule has 0 amide bonds. The van der Waals surface area contributed by atoms with Crippen molar-refractivity contribution in [2.75, 3.05) is 13.2 Å². The van der Waals surface area contributed by atoms with Crippen LogP contribution in [-0.4, -0.2) is 30.1 Å². The second kappa shape index (κ2) is 5.38. The molecule has 0 saturated carbocycles. The van der Waals surface area contributed by atoms with Crippen molar-refractivity contribution < 1.29 is 19.1 Å². The predicted molar refractivity (Wildman–Crippen MR) is 67.3 cm³/mol. The number of fused-ring (bicyclic) bond motifs is 1. The van der Waals surface area contributed by atoms with E-state index in [-0.39, 0.29) is 19.6 Å². The Morgan fingerprint density at radius 1 is 1.21 bits per heavy atom. The van der Waals surface area contributed by atoms with Gasteiger partial charge in [-0.3, -0.25) is 14.6 Å². The fourth-order valence-corrected chi connectivity index (χ4v) is 2.38. The molecule has 0 spiro atoms. The maximum atomic E-state index is 12.2. The van der Waals surface area contributed by atoms with Gasteiger partial charge < -0.3 is 9.47 Å². The van der Waals surface area contributed by atoms with Crippen molar-refractivity contribution in [2.24, 2.45) is 5.41 Å². The van der Waals surface area contributed by atoms with Gasteiger partial charge in [-0.2, -0.15) is 0 Å². The van der Waals surface area contributed by atoms with Gasteiger partial charge in [0.15, 0.2) is 5.41 Å². The van der Waals surface area contributed by atoms with Gasteiger partial charge >= 0.3 is 11.9 Å². The summed E-state index contributed by atoms with van der Waals surface area (Å²) in [7, 11) is 0. The largest absolute Gasteiger partial charge is 0.465 e. The number of ether oxygens (including phenoxy) is 2.